The number of fused-ring (bicyclic) bond motifs is 1. The Bertz CT molecular complexity index is 1060. The highest BCUT2D eigenvalue weighted by Gasteiger charge is 2.31. The highest BCUT2D eigenvalue weighted by Crippen LogP contribution is 2.29. The summed E-state index contributed by atoms with van der Waals surface area (Å²) in [7, 11) is 0. The average molecular weight is 416 g/mol. The lowest BCUT2D eigenvalue weighted by Gasteiger charge is -2.31. The first-order chi connectivity index (χ1) is 14.3. The van der Waals surface area contributed by atoms with Crippen LogP contribution in [-0.4, -0.2) is 35.5 Å². The number of hydrogen-bond donors (Lipinski definition) is 1. The van der Waals surface area contributed by atoms with Gasteiger partial charge in [-0.3, -0.25) is 4.79 Å². The molecule has 0 atom stereocenters. The van der Waals surface area contributed by atoms with Gasteiger partial charge in [-0.05, 0) is 60.4 Å². The second-order valence-electron chi connectivity index (χ2n) is 7.25. The summed E-state index contributed by atoms with van der Waals surface area (Å²) in [5.41, 5.74) is 2.43. The van der Waals surface area contributed by atoms with Crippen LogP contribution in [0.1, 0.15) is 12.8 Å². The van der Waals surface area contributed by atoms with Crippen LogP contribution in [0, 0.1) is 5.92 Å². The summed E-state index contributed by atoms with van der Waals surface area (Å²) in [6.45, 7) is 1.31. The van der Waals surface area contributed by atoms with Crippen molar-refractivity contribution in [2.75, 3.05) is 18.0 Å². The van der Waals surface area contributed by atoms with Crippen LogP contribution in [0.2, 0.25) is 0 Å². The van der Waals surface area contributed by atoms with E-state index in [1.165, 1.54) is 12.1 Å². The minimum atomic E-state index is -4.71. The predicted molar refractivity (Wildman–Crippen MR) is 106 cm³/mol. The Balaban J connectivity index is 1.51. The molecule has 4 rings (SSSR count). The van der Waals surface area contributed by atoms with Crippen molar-refractivity contribution in [3.63, 3.8) is 0 Å². The van der Waals surface area contributed by atoms with Gasteiger partial charge in [-0.2, -0.15) is 0 Å². The zero-order chi connectivity index (χ0) is 21.3. The van der Waals surface area contributed by atoms with E-state index < -0.39 is 12.3 Å². The SMILES string of the molecule is O=C(O)C1CCN(c2ccc3cc(-c4ccc(OC(F)(F)F)cc4)ccc3n2)CC1. The van der Waals surface area contributed by atoms with E-state index in [0.717, 1.165) is 27.8 Å². The number of aliphatic carboxylic acids is 1. The molecule has 30 heavy (non-hydrogen) atoms. The molecule has 1 aromatic heterocycles. The quantitative estimate of drug-likeness (QED) is 0.641. The maximum atomic E-state index is 12.3. The summed E-state index contributed by atoms with van der Waals surface area (Å²) in [6.07, 6.45) is -3.51. The number of nitrogens with zero attached hydrogens (tertiary/aromatic N) is 2. The number of anilines is 1. The number of carbonyl (C=O) groups is 1. The van der Waals surface area contributed by atoms with Crippen LogP contribution >= 0.6 is 0 Å². The number of alkyl halides is 3. The molecule has 0 spiro atoms. The van der Waals surface area contributed by atoms with Crippen molar-refractivity contribution in [1.29, 1.82) is 0 Å². The van der Waals surface area contributed by atoms with E-state index in [4.69, 9.17) is 10.1 Å². The molecule has 1 N–H and O–H groups in total. The molecule has 5 nitrogen and oxygen atoms in total. The minimum Gasteiger partial charge on any atom is -0.481 e. The third-order valence-corrected chi connectivity index (χ3v) is 5.26. The first-order valence-electron chi connectivity index (χ1n) is 9.53. The molecule has 0 radical (unpaired) electrons. The molecule has 0 aliphatic carbocycles. The number of hydrogen-bond acceptors (Lipinski definition) is 4. The number of carboxylic acid groups (broad SMARTS) is 1. The summed E-state index contributed by atoms with van der Waals surface area (Å²) in [5, 5.41) is 10.0. The van der Waals surface area contributed by atoms with Crippen molar-refractivity contribution in [3.8, 4) is 16.9 Å². The second kappa shape index (κ2) is 7.85. The topological polar surface area (TPSA) is 62.7 Å². The van der Waals surface area contributed by atoms with Crippen LogP contribution in [0.15, 0.2) is 54.6 Å². The Morgan fingerprint density at radius 3 is 2.30 bits per heavy atom. The number of aromatic nitrogens is 1. The van der Waals surface area contributed by atoms with E-state index in [-0.39, 0.29) is 11.7 Å². The lowest BCUT2D eigenvalue weighted by molar-refractivity contribution is -0.274. The predicted octanol–water partition coefficient (Wildman–Crippen LogP) is 5.10. The van der Waals surface area contributed by atoms with Gasteiger partial charge in [0.25, 0.3) is 0 Å². The van der Waals surface area contributed by atoms with Crippen molar-refractivity contribution >= 4 is 22.7 Å². The molecule has 1 saturated heterocycles. The van der Waals surface area contributed by atoms with Crippen molar-refractivity contribution < 1.29 is 27.8 Å². The summed E-state index contributed by atoms with van der Waals surface area (Å²) < 4.78 is 40.8. The second-order valence-corrected chi connectivity index (χ2v) is 7.25. The zero-order valence-corrected chi connectivity index (χ0v) is 15.9. The van der Waals surface area contributed by atoms with Gasteiger partial charge in [0, 0.05) is 18.5 Å². The van der Waals surface area contributed by atoms with E-state index in [2.05, 4.69) is 9.64 Å². The fourth-order valence-corrected chi connectivity index (χ4v) is 3.68. The molecular formula is C22H19F3N2O3. The van der Waals surface area contributed by atoms with Crippen molar-refractivity contribution in [1.82, 2.24) is 4.98 Å². The number of halogens is 3. The van der Waals surface area contributed by atoms with Crippen LogP contribution in [0.25, 0.3) is 22.0 Å². The molecule has 0 amide bonds. The Morgan fingerprint density at radius 1 is 1.00 bits per heavy atom. The fourth-order valence-electron chi connectivity index (χ4n) is 3.68. The van der Waals surface area contributed by atoms with Gasteiger partial charge in [0.1, 0.15) is 11.6 Å². The largest absolute Gasteiger partial charge is 0.573 e. The number of benzene rings is 2. The Hall–Kier alpha value is -3.29. The lowest BCUT2D eigenvalue weighted by atomic mass is 9.97. The van der Waals surface area contributed by atoms with Crippen LogP contribution in [0.4, 0.5) is 19.0 Å². The third-order valence-electron chi connectivity index (χ3n) is 5.26. The Kier molecular flexibility index (Phi) is 5.24. The van der Waals surface area contributed by atoms with Crippen LogP contribution < -0.4 is 9.64 Å². The van der Waals surface area contributed by atoms with Gasteiger partial charge in [-0.25, -0.2) is 4.98 Å². The van der Waals surface area contributed by atoms with E-state index in [9.17, 15) is 18.0 Å². The first-order valence-corrected chi connectivity index (χ1v) is 9.53. The highest BCUT2D eigenvalue weighted by atomic mass is 19.4. The van der Waals surface area contributed by atoms with E-state index in [1.807, 2.05) is 30.3 Å². The molecule has 0 unspecified atom stereocenters. The lowest BCUT2D eigenvalue weighted by Crippen LogP contribution is -2.36. The zero-order valence-electron chi connectivity index (χ0n) is 15.9. The third kappa shape index (κ3) is 4.48. The van der Waals surface area contributed by atoms with E-state index in [1.54, 1.807) is 12.1 Å². The van der Waals surface area contributed by atoms with Crippen molar-refractivity contribution in [2.24, 2.45) is 5.92 Å². The number of piperidine rings is 1. The Morgan fingerprint density at radius 2 is 1.67 bits per heavy atom. The number of ether oxygens (including phenoxy) is 1. The summed E-state index contributed by atoms with van der Waals surface area (Å²) in [4.78, 5) is 17.9. The number of carboxylic acids is 1. The number of pyridine rings is 1. The monoisotopic (exact) mass is 416 g/mol. The van der Waals surface area contributed by atoms with Gasteiger partial charge in [0.05, 0.1) is 11.4 Å². The Labute approximate surface area is 170 Å². The molecule has 156 valence electrons. The van der Waals surface area contributed by atoms with E-state index in [0.29, 0.717) is 25.9 Å². The maximum absolute atomic E-state index is 12.3. The van der Waals surface area contributed by atoms with Crippen molar-refractivity contribution in [3.05, 3.63) is 54.6 Å². The molecule has 1 aliphatic rings. The fraction of sp³-hybridized carbons (Fsp3) is 0.273. The van der Waals surface area contributed by atoms with Crippen LogP contribution in [0.5, 0.6) is 5.75 Å². The summed E-state index contributed by atoms with van der Waals surface area (Å²) >= 11 is 0. The van der Waals surface area contributed by atoms with Crippen LogP contribution in [-0.2, 0) is 4.79 Å². The maximum Gasteiger partial charge on any atom is 0.573 e. The molecule has 2 aromatic carbocycles. The van der Waals surface area contributed by atoms with Crippen molar-refractivity contribution in [2.45, 2.75) is 19.2 Å². The van der Waals surface area contributed by atoms with Gasteiger partial charge in [-0.1, -0.05) is 18.2 Å². The molecule has 3 aromatic rings. The average Bonchev–Trinajstić information content (AvgIpc) is 2.72. The van der Waals surface area contributed by atoms with Gasteiger partial charge in [0.2, 0.25) is 0 Å². The summed E-state index contributed by atoms with van der Waals surface area (Å²) in [6, 6.07) is 15.3. The molecule has 2 heterocycles. The van der Waals surface area contributed by atoms with Gasteiger partial charge < -0.3 is 14.7 Å². The molecule has 0 bridgehead atoms. The molecule has 1 aliphatic heterocycles. The van der Waals surface area contributed by atoms with Gasteiger partial charge in [-0.15, -0.1) is 13.2 Å². The molecule has 8 heteroatoms. The number of rotatable bonds is 4. The van der Waals surface area contributed by atoms with E-state index >= 15 is 0 Å². The first kappa shape index (κ1) is 20.0. The standard InChI is InChI=1S/C22H19F3N2O3/c23-22(24,25)30-18-5-1-14(2-6-18)16-3-7-19-17(13-16)4-8-20(26-19)27-11-9-15(10-12-27)21(28)29/h1-8,13,15H,9-12H2,(H,28,29). The molecule has 1 fully saturated rings. The molecule has 0 saturated carbocycles. The normalized spacial score (nSPS) is 15.4. The highest BCUT2D eigenvalue weighted by molar-refractivity contribution is 5.85. The summed E-state index contributed by atoms with van der Waals surface area (Å²) in [5.74, 6) is -0.485. The van der Waals surface area contributed by atoms with Gasteiger partial charge in [0.15, 0.2) is 0 Å². The minimum absolute atomic E-state index is 0.259. The van der Waals surface area contributed by atoms with Crippen LogP contribution in [0.3, 0.4) is 0 Å². The smallest absolute Gasteiger partial charge is 0.481 e. The molecular weight excluding hydrogens is 397 g/mol. The van der Waals surface area contributed by atoms with Gasteiger partial charge >= 0.3 is 12.3 Å².